The molecule has 0 saturated carbocycles. The third-order valence-corrected chi connectivity index (χ3v) is 3.40. The Balaban J connectivity index is 1.96. The zero-order chi connectivity index (χ0) is 14.9. The van der Waals surface area contributed by atoms with Gasteiger partial charge in [0.1, 0.15) is 12.2 Å². The summed E-state index contributed by atoms with van der Waals surface area (Å²) in [7, 11) is 0. The molecule has 0 aromatic heterocycles. The number of amides is 1. The van der Waals surface area contributed by atoms with Crippen LogP contribution in [-0.2, 0) is 9.53 Å². The van der Waals surface area contributed by atoms with Gasteiger partial charge in [0.2, 0.25) is 0 Å². The zero-order valence-electron chi connectivity index (χ0n) is 11.5. The first kappa shape index (κ1) is 14.3. The molecule has 2 rings (SSSR count). The molecule has 6 nitrogen and oxygen atoms in total. The average Bonchev–Trinajstić information content (AvgIpc) is 2.35. The van der Waals surface area contributed by atoms with E-state index in [1.807, 2.05) is 6.92 Å². The Hall–Kier alpha value is -2.08. The highest BCUT2D eigenvalue weighted by molar-refractivity contribution is 5.95. The van der Waals surface area contributed by atoms with Crippen molar-refractivity contribution in [3.8, 4) is 0 Å². The van der Waals surface area contributed by atoms with Crippen LogP contribution in [0.3, 0.4) is 0 Å². The van der Waals surface area contributed by atoms with E-state index in [2.05, 4.69) is 0 Å². The van der Waals surface area contributed by atoms with Gasteiger partial charge in [-0.3, -0.25) is 4.79 Å². The van der Waals surface area contributed by atoms with Crippen LogP contribution in [0.5, 0.6) is 0 Å². The molecule has 1 heterocycles. The Morgan fingerprint density at radius 1 is 1.45 bits per heavy atom. The number of nitrogen functional groups attached to an aromatic ring is 1. The SMILES string of the molecule is Cc1cc(C(=O)N2CC(C)(OCC(=O)O)C2)ccc1N. The number of hydrogen-bond donors (Lipinski definition) is 2. The average molecular weight is 278 g/mol. The maximum absolute atomic E-state index is 12.2. The lowest BCUT2D eigenvalue weighted by atomic mass is 9.95. The van der Waals surface area contributed by atoms with Gasteiger partial charge in [0.15, 0.2) is 0 Å². The third-order valence-electron chi connectivity index (χ3n) is 3.40. The molecule has 3 N–H and O–H groups in total. The molecule has 0 aliphatic carbocycles. The molecule has 0 bridgehead atoms. The molecule has 20 heavy (non-hydrogen) atoms. The summed E-state index contributed by atoms with van der Waals surface area (Å²) in [6, 6.07) is 5.16. The number of carboxylic acid groups (broad SMARTS) is 1. The van der Waals surface area contributed by atoms with E-state index in [1.165, 1.54) is 0 Å². The van der Waals surface area contributed by atoms with Gasteiger partial charge in [-0.15, -0.1) is 0 Å². The number of nitrogens with zero attached hydrogens (tertiary/aromatic N) is 1. The lowest BCUT2D eigenvalue weighted by molar-refractivity contribution is -0.159. The van der Waals surface area contributed by atoms with E-state index in [-0.39, 0.29) is 12.5 Å². The normalized spacial score (nSPS) is 16.6. The molecule has 6 heteroatoms. The van der Waals surface area contributed by atoms with Crippen molar-refractivity contribution in [1.29, 1.82) is 0 Å². The maximum Gasteiger partial charge on any atom is 0.329 e. The molecule has 1 fully saturated rings. The first-order chi connectivity index (χ1) is 9.31. The number of nitrogens with two attached hydrogens (primary N) is 1. The number of carbonyl (C=O) groups is 2. The van der Waals surface area contributed by atoms with Crippen LogP contribution >= 0.6 is 0 Å². The van der Waals surface area contributed by atoms with Crippen molar-refractivity contribution in [2.24, 2.45) is 0 Å². The van der Waals surface area contributed by atoms with E-state index in [0.29, 0.717) is 24.3 Å². The Morgan fingerprint density at radius 2 is 2.10 bits per heavy atom. The minimum atomic E-state index is -1.01. The highest BCUT2D eigenvalue weighted by Gasteiger charge is 2.42. The molecular weight excluding hydrogens is 260 g/mol. The quantitative estimate of drug-likeness (QED) is 0.798. The molecule has 1 saturated heterocycles. The molecule has 108 valence electrons. The van der Waals surface area contributed by atoms with E-state index < -0.39 is 11.6 Å². The van der Waals surface area contributed by atoms with Crippen LogP contribution in [-0.4, -0.2) is 47.2 Å². The van der Waals surface area contributed by atoms with Crippen molar-refractivity contribution >= 4 is 17.6 Å². The van der Waals surface area contributed by atoms with Crippen LogP contribution in [0.1, 0.15) is 22.8 Å². The fourth-order valence-electron chi connectivity index (χ4n) is 2.22. The largest absolute Gasteiger partial charge is 0.480 e. The Morgan fingerprint density at radius 3 is 2.65 bits per heavy atom. The van der Waals surface area contributed by atoms with Gasteiger partial charge >= 0.3 is 5.97 Å². The maximum atomic E-state index is 12.2. The minimum Gasteiger partial charge on any atom is -0.480 e. The van der Waals surface area contributed by atoms with E-state index in [0.717, 1.165) is 5.56 Å². The van der Waals surface area contributed by atoms with Crippen molar-refractivity contribution in [1.82, 2.24) is 4.90 Å². The predicted molar refractivity (Wildman–Crippen MR) is 73.5 cm³/mol. The number of benzene rings is 1. The molecule has 0 spiro atoms. The zero-order valence-corrected chi connectivity index (χ0v) is 11.5. The van der Waals surface area contributed by atoms with Crippen molar-refractivity contribution in [2.75, 3.05) is 25.4 Å². The molecule has 1 aliphatic rings. The number of hydrogen-bond acceptors (Lipinski definition) is 4. The summed E-state index contributed by atoms with van der Waals surface area (Å²) in [6.45, 7) is 4.08. The standard InChI is InChI=1S/C14H18N2O4/c1-9-5-10(3-4-11(9)15)13(19)16-7-14(2,8-16)20-6-12(17)18/h3-5H,6-8,15H2,1-2H3,(H,17,18). The van der Waals surface area contributed by atoms with Gasteiger partial charge < -0.3 is 20.5 Å². The Bertz CT molecular complexity index is 550. The van der Waals surface area contributed by atoms with Gasteiger partial charge in [0.25, 0.3) is 5.91 Å². The molecule has 0 unspecified atom stereocenters. The predicted octanol–water partition coefficient (Wildman–Crippen LogP) is 0.893. The number of carbonyl (C=O) groups excluding carboxylic acids is 1. The Labute approximate surface area is 117 Å². The van der Waals surface area contributed by atoms with Crippen LogP contribution in [0.25, 0.3) is 0 Å². The van der Waals surface area contributed by atoms with Gasteiger partial charge in [-0.05, 0) is 37.6 Å². The number of anilines is 1. The van der Waals surface area contributed by atoms with Crippen molar-refractivity contribution in [3.63, 3.8) is 0 Å². The fourth-order valence-corrected chi connectivity index (χ4v) is 2.22. The number of aliphatic carboxylic acids is 1. The third kappa shape index (κ3) is 2.91. The molecule has 1 aromatic rings. The molecule has 1 aliphatic heterocycles. The number of aryl methyl sites for hydroxylation is 1. The van der Waals surface area contributed by atoms with Crippen LogP contribution in [0.2, 0.25) is 0 Å². The van der Waals surface area contributed by atoms with Gasteiger partial charge in [-0.2, -0.15) is 0 Å². The van der Waals surface area contributed by atoms with Gasteiger partial charge in [-0.1, -0.05) is 0 Å². The van der Waals surface area contributed by atoms with E-state index in [4.69, 9.17) is 15.6 Å². The topological polar surface area (TPSA) is 92.9 Å². The summed E-state index contributed by atoms with van der Waals surface area (Å²) >= 11 is 0. The highest BCUT2D eigenvalue weighted by Crippen LogP contribution is 2.27. The van der Waals surface area contributed by atoms with Crippen molar-refractivity contribution in [2.45, 2.75) is 19.4 Å². The van der Waals surface area contributed by atoms with Crippen LogP contribution < -0.4 is 5.73 Å². The molecule has 0 radical (unpaired) electrons. The lowest BCUT2D eigenvalue weighted by Gasteiger charge is -2.47. The van der Waals surface area contributed by atoms with Crippen molar-refractivity contribution < 1.29 is 19.4 Å². The number of rotatable bonds is 4. The van der Waals surface area contributed by atoms with Gasteiger partial charge in [0.05, 0.1) is 13.1 Å². The first-order valence-electron chi connectivity index (χ1n) is 6.32. The van der Waals surface area contributed by atoms with E-state index in [9.17, 15) is 9.59 Å². The fraction of sp³-hybridized carbons (Fsp3) is 0.429. The summed E-state index contributed by atoms with van der Waals surface area (Å²) in [5, 5.41) is 8.59. The second kappa shape index (κ2) is 5.13. The lowest BCUT2D eigenvalue weighted by Crippen LogP contribution is -2.63. The summed E-state index contributed by atoms with van der Waals surface area (Å²) in [4.78, 5) is 24.3. The highest BCUT2D eigenvalue weighted by atomic mass is 16.5. The number of ether oxygens (including phenoxy) is 1. The second-order valence-corrected chi connectivity index (χ2v) is 5.36. The van der Waals surface area contributed by atoms with E-state index >= 15 is 0 Å². The van der Waals surface area contributed by atoms with E-state index in [1.54, 1.807) is 30.0 Å². The summed E-state index contributed by atoms with van der Waals surface area (Å²) in [5.74, 6) is -1.10. The van der Waals surface area contributed by atoms with Crippen LogP contribution in [0.15, 0.2) is 18.2 Å². The second-order valence-electron chi connectivity index (χ2n) is 5.36. The van der Waals surface area contributed by atoms with Crippen LogP contribution in [0, 0.1) is 6.92 Å². The summed E-state index contributed by atoms with van der Waals surface area (Å²) in [5.41, 5.74) is 7.24. The molecule has 0 atom stereocenters. The molecular formula is C14H18N2O4. The minimum absolute atomic E-state index is 0.0931. The van der Waals surface area contributed by atoms with Gasteiger partial charge in [-0.25, -0.2) is 4.79 Å². The van der Waals surface area contributed by atoms with Gasteiger partial charge in [0, 0.05) is 11.3 Å². The summed E-state index contributed by atoms with van der Waals surface area (Å²) in [6.07, 6.45) is 0. The van der Waals surface area contributed by atoms with Crippen LogP contribution in [0.4, 0.5) is 5.69 Å². The summed E-state index contributed by atoms with van der Waals surface area (Å²) < 4.78 is 5.27. The number of carboxylic acids is 1. The van der Waals surface area contributed by atoms with Crippen molar-refractivity contribution in [3.05, 3.63) is 29.3 Å². The monoisotopic (exact) mass is 278 g/mol. The first-order valence-corrected chi connectivity index (χ1v) is 6.32. The molecule has 1 aromatic carbocycles. The smallest absolute Gasteiger partial charge is 0.329 e. The molecule has 1 amide bonds. The number of likely N-dealkylation sites (tertiary alicyclic amines) is 1. The Kier molecular flexibility index (Phi) is 3.67.